The van der Waals surface area contributed by atoms with Crippen LogP contribution in [0.2, 0.25) is 0 Å². The highest BCUT2D eigenvalue weighted by molar-refractivity contribution is 6.43. The molecule has 184 valence electrons. The minimum Gasteiger partial charge on any atom is -0.507 e. The Balaban J connectivity index is 1.88. The Kier molecular flexibility index (Phi) is 5.78. The summed E-state index contributed by atoms with van der Waals surface area (Å²) in [6.45, 7) is -1.00. The van der Waals surface area contributed by atoms with Crippen LogP contribution in [0.4, 0.5) is 26.3 Å². The van der Waals surface area contributed by atoms with E-state index in [1.165, 1.54) is 36.1 Å². The Morgan fingerprint density at radius 1 is 1.06 bits per heavy atom. The molecule has 0 bridgehead atoms. The third kappa shape index (κ3) is 4.43. The Morgan fingerprint density at radius 2 is 1.77 bits per heavy atom. The van der Waals surface area contributed by atoms with E-state index in [9.17, 15) is 41.0 Å². The predicted octanol–water partition coefficient (Wildman–Crippen LogP) is 5.13. The molecule has 2 aromatic carbocycles. The average Bonchev–Trinajstić information content (AvgIpc) is 3.31. The first kappa shape index (κ1) is 24.2. The Bertz CT molecular complexity index is 1380. The molecule has 0 unspecified atom stereocenters. The third-order valence-electron chi connectivity index (χ3n) is 5.52. The van der Waals surface area contributed by atoms with Gasteiger partial charge in [0.2, 0.25) is 0 Å². The van der Waals surface area contributed by atoms with E-state index in [1.54, 1.807) is 0 Å². The molecule has 1 saturated heterocycles. The Labute approximate surface area is 193 Å². The molecule has 12 heteroatoms. The maximum atomic E-state index is 13.6. The van der Waals surface area contributed by atoms with Gasteiger partial charge < -0.3 is 19.1 Å². The highest BCUT2D eigenvalue weighted by Gasteiger charge is 2.38. The minimum atomic E-state index is -5.07. The second-order valence-corrected chi connectivity index (χ2v) is 7.65. The lowest BCUT2D eigenvalue weighted by Gasteiger charge is -2.17. The van der Waals surface area contributed by atoms with Crippen LogP contribution >= 0.6 is 0 Å². The highest BCUT2D eigenvalue weighted by Crippen LogP contribution is 2.39. The van der Waals surface area contributed by atoms with Gasteiger partial charge in [-0.25, -0.2) is 4.79 Å². The number of aliphatic hydroxyl groups is 1. The number of alkyl halides is 6. The first-order valence-corrected chi connectivity index (χ1v) is 9.89. The molecular formula is C23H15F6NO5. The molecule has 0 amide bonds. The van der Waals surface area contributed by atoms with E-state index >= 15 is 0 Å². The lowest BCUT2D eigenvalue weighted by atomic mass is 10.0. The zero-order valence-corrected chi connectivity index (χ0v) is 17.8. The quantitative estimate of drug-likeness (QED) is 0.177. The number of carbonyl (C=O) groups excluding carboxylic acids is 2. The number of fused-ring (bicyclic) bond motifs is 1. The fourth-order valence-corrected chi connectivity index (χ4v) is 3.79. The number of aliphatic hydroxyl groups excluding tert-OH is 1. The summed E-state index contributed by atoms with van der Waals surface area (Å²) < 4.78 is 91.0. The van der Waals surface area contributed by atoms with Gasteiger partial charge in [0.25, 0.3) is 5.78 Å². The fourth-order valence-electron chi connectivity index (χ4n) is 3.79. The first-order valence-electron chi connectivity index (χ1n) is 9.89. The monoisotopic (exact) mass is 499 g/mol. The number of hydrogen-bond acceptors (Lipinski definition) is 5. The van der Waals surface area contributed by atoms with E-state index < -0.39 is 59.7 Å². The molecular weight excluding hydrogens is 484 g/mol. The molecule has 35 heavy (non-hydrogen) atoms. The molecule has 1 N–H and O–H groups in total. The molecule has 0 aliphatic carbocycles. The Hall–Kier alpha value is -3.96. The van der Waals surface area contributed by atoms with Gasteiger partial charge in [0, 0.05) is 29.2 Å². The number of cyclic esters (lactones) is 1. The van der Waals surface area contributed by atoms with Crippen molar-refractivity contribution in [3.05, 3.63) is 70.4 Å². The van der Waals surface area contributed by atoms with Gasteiger partial charge in [-0.2, -0.15) is 26.3 Å². The number of methoxy groups -OCH3 is 1. The van der Waals surface area contributed by atoms with Crippen molar-refractivity contribution in [1.82, 2.24) is 4.57 Å². The Morgan fingerprint density at radius 3 is 2.34 bits per heavy atom. The maximum Gasteiger partial charge on any atom is 0.416 e. The molecule has 1 aromatic heterocycles. The van der Waals surface area contributed by atoms with Gasteiger partial charge in [-0.1, -0.05) is 6.07 Å². The van der Waals surface area contributed by atoms with Crippen LogP contribution in [0.25, 0.3) is 16.7 Å². The van der Waals surface area contributed by atoms with Crippen molar-refractivity contribution in [1.29, 1.82) is 0 Å². The number of carbonyl (C=O) groups is 2. The first-order chi connectivity index (χ1) is 16.3. The number of halogens is 6. The smallest absolute Gasteiger partial charge is 0.416 e. The van der Waals surface area contributed by atoms with Crippen LogP contribution in [0.15, 0.2) is 48.2 Å². The summed E-state index contributed by atoms with van der Waals surface area (Å²) in [6.07, 6.45) is -8.79. The standard InChI is InChI=1S/C23H15F6NO5/c1-34-13-4-5-18-14(7-13)15(19(31)16-10-35-21(33)20(16)32)9-30(18)8-11-2-3-12(22(24,25)26)6-17(11)23(27,28)29/h2-7,9,31H,8,10H2,1H3/b19-16-. The lowest BCUT2D eigenvalue weighted by molar-refractivity contribution is -0.146. The molecule has 6 nitrogen and oxygen atoms in total. The van der Waals surface area contributed by atoms with Crippen LogP contribution in [0.5, 0.6) is 5.75 Å². The molecule has 1 aliphatic heterocycles. The van der Waals surface area contributed by atoms with Crippen molar-refractivity contribution in [2.75, 3.05) is 13.7 Å². The van der Waals surface area contributed by atoms with Crippen LogP contribution < -0.4 is 4.74 Å². The number of hydrogen-bond donors (Lipinski definition) is 1. The number of aromatic nitrogens is 1. The molecule has 0 saturated carbocycles. The van der Waals surface area contributed by atoms with Gasteiger partial charge in [0.05, 0.1) is 23.8 Å². The van der Waals surface area contributed by atoms with E-state index in [1.807, 2.05) is 0 Å². The second kappa shape index (κ2) is 8.36. The van der Waals surface area contributed by atoms with E-state index in [2.05, 4.69) is 4.74 Å². The SMILES string of the molecule is COc1ccc2c(c1)c(/C(O)=C1\COC(=O)C1=O)cn2Cc1ccc(C(F)(F)F)cc1C(F)(F)F. The van der Waals surface area contributed by atoms with Gasteiger partial charge in [-0.3, -0.25) is 4.79 Å². The summed E-state index contributed by atoms with van der Waals surface area (Å²) in [5, 5.41) is 11.0. The van der Waals surface area contributed by atoms with Gasteiger partial charge in [0.15, 0.2) is 0 Å². The molecule has 2 heterocycles. The summed E-state index contributed by atoms with van der Waals surface area (Å²) in [5.74, 6) is -2.51. The van der Waals surface area contributed by atoms with Gasteiger partial charge in [-0.15, -0.1) is 0 Å². The molecule has 1 fully saturated rings. The summed E-state index contributed by atoms with van der Waals surface area (Å²) in [5.41, 5.74) is -3.39. The third-order valence-corrected chi connectivity index (χ3v) is 5.52. The van der Waals surface area contributed by atoms with Gasteiger partial charge >= 0.3 is 18.3 Å². The van der Waals surface area contributed by atoms with Crippen LogP contribution in [0, 0.1) is 0 Å². The molecule has 1 aliphatic rings. The fraction of sp³-hybridized carbons (Fsp3) is 0.217. The number of ketones is 1. The van der Waals surface area contributed by atoms with Crippen LogP contribution in [-0.4, -0.2) is 35.1 Å². The number of rotatable bonds is 4. The van der Waals surface area contributed by atoms with Crippen LogP contribution in [-0.2, 0) is 33.2 Å². The van der Waals surface area contributed by atoms with E-state index in [4.69, 9.17) is 4.74 Å². The van der Waals surface area contributed by atoms with Crippen molar-refractivity contribution < 1.29 is 50.5 Å². The minimum absolute atomic E-state index is 0.000945. The second-order valence-electron chi connectivity index (χ2n) is 7.65. The van der Waals surface area contributed by atoms with Crippen molar-refractivity contribution in [2.24, 2.45) is 0 Å². The van der Waals surface area contributed by atoms with Crippen LogP contribution in [0.1, 0.15) is 22.3 Å². The van der Waals surface area contributed by atoms with Crippen molar-refractivity contribution >= 4 is 28.4 Å². The number of ether oxygens (including phenoxy) is 2. The average molecular weight is 499 g/mol. The van der Waals surface area contributed by atoms with E-state index in [0.717, 1.165) is 6.07 Å². The highest BCUT2D eigenvalue weighted by atomic mass is 19.4. The number of nitrogens with zero attached hydrogens (tertiary/aromatic N) is 1. The summed E-state index contributed by atoms with van der Waals surface area (Å²) >= 11 is 0. The molecule has 3 aromatic rings. The van der Waals surface area contributed by atoms with Crippen molar-refractivity contribution in [3.8, 4) is 5.75 Å². The van der Waals surface area contributed by atoms with Crippen LogP contribution in [0.3, 0.4) is 0 Å². The predicted molar refractivity (Wildman–Crippen MR) is 110 cm³/mol. The van der Waals surface area contributed by atoms with Gasteiger partial charge in [0.1, 0.15) is 18.1 Å². The normalized spacial score (nSPS) is 16.1. The van der Waals surface area contributed by atoms with E-state index in [-0.39, 0.29) is 22.6 Å². The largest absolute Gasteiger partial charge is 0.507 e. The number of Topliss-reactive ketones (excluding diaryl/α,β-unsaturated/α-hetero) is 1. The zero-order valence-electron chi connectivity index (χ0n) is 17.8. The molecule has 0 spiro atoms. The number of benzene rings is 2. The van der Waals surface area contributed by atoms with E-state index in [0.29, 0.717) is 17.3 Å². The van der Waals surface area contributed by atoms with Gasteiger partial charge in [-0.05, 0) is 35.9 Å². The molecule has 0 radical (unpaired) electrons. The lowest BCUT2D eigenvalue weighted by Crippen LogP contribution is -2.15. The molecule has 4 rings (SSSR count). The maximum absolute atomic E-state index is 13.6. The number of esters is 1. The van der Waals surface area contributed by atoms with Crippen molar-refractivity contribution in [2.45, 2.75) is 18.9 Å². The summed E-state index contributed by atoms with van der Waals surface area (Å²) in [7, 11) is 1.36. The van der Waals surface area contributed by atoms with Crippen molar-refractivity contribution in [3.63, 3.8) is 0 Å². The topological polar surface area (TPSA) is 77.8 Å². The molecule has 0 atom stereocenters. The summed E-state index contributed by atoms with van der Waals surface area (Å²) in [6, 6.07) is 5.77. The zero-order chi connectivity index (χ0) is 25.7. The summed E-state index contributed by atoms with van der Waals surface area (Å²) in [4.78, 5) is 23.4.